The smallest absolute Gasteiger partial charge is 0.239 e. The summed E-state index contributed by atoms with van der Waals surface area (Å²) >= 11 is 0. The molecule has 0 saturated heterocycles. The van der Waals surface area contributed by atoms with E-state index in [0.29, 0.717) is 26.3 Å². The second-order valence-electron chi connectivity index (χ2n) is 3.28. The molecule has 0 heterocycles. The van der Waals surface area contributed by atoms with Gasteiger partial charge in [0.15, 0.2) is 0 Å². The number of carbonyl (C=O) groups is 2. The standard InChI is InChI=1S/C10H20N2O4/c1-9(13)12(5-7-16-3)8-10(14)11-4-6-15-2/h4-8H2,1-3H3,(H,11,14). The van der Waals surface area contributed by atoms with Gasteiger partial charge in [-0.25, -0.2) is 0 Å². The summed E-state index contributed by atoms with van der Waals surface area (Å²) in [7, 11) is 3.11. The first-order valence-corrected chi connectivity index (χ1v) is 5.12. The fraction of sp³-hybridized carbons (Fsp3) is 0.800. The Bertz CT molecular complexity index is 221. The summed E-state index contributed by atoms with van der Waals surface area (Å²) in [6, 6.07) is 0. The molecule has 16 heavy (non-hydrogen) atoms. The molecule has 0 bridgehead atoms. The molecule has 6 heteroatoms. The second kappa shape index (κ2) is 9.11. The zero-order chi connectivity index (χ0) is 12.4. The van der Waals surface area contributed by atoms with E-state index in [0.717, 1.165) is 0 Å². The van der Waals surface area contributed by atoms with Crippen LogP contribution in [0.25, 0.3) is 0 Å². The number of nitrogens with zero attached hydrogens (tertiary/aromatic N) is 1. The van der Waals surface area contributed by atoms with Crippen LogP contribution in [0.1, 0.15) is 6.92 Å². The molecule has 1 N–H and O–H groups in total. The predicted octanol–water partition coefficient (Wildman–Crippen LogP) is -0.756. The molecular formula is C10H20N2O4. The van der Waals surface area contributed by atoms with E-state index in [1.54, 1.807) is 14.2 Å². The lowest BCUT2D eigenvalue weighted by Crippen LogP contribution is -2.42. The molecule has 0 aromatic heterocycles. The maximum Gasteiger partial charge on any atom is 0.239 e. The summed E-state index contributed by atoms with van der Waals surface area (Å²) in [4.78, 5) is 24.0. The highest BCUT2D eigenvalue weighted by Gasteiger charge is 2.12. The number of amides is 2. The van der Waals surface area contributed by atoms with Crippen LogP contribution in [0, 0.1) is 0 Å². The van der Waals surface area contributed by atoms with Gasteiger partial charge in [-0.3, -0.25) is 9.59 Å². The summed E-state index contributed by atoms with van der Waals surface area (Å²) in [5.41, 5.74) is 0. The van der Waals surface area contributed by atoms with Gasteiger partial charge in [0, 0.05) is 34.2 Å². The third-order valence-corrected chi connectivity index (χ3v) is 1.97. The Balaban J connectivity index is 3.88. The van der Waals surface area contributed by atoms with Gasteiger partial charge in [0.1, 0.15) is 0 Å². The van der Waals surface area contributed by atoms with E-state index in [1.165, 1.54) is 11.8 Å². The molecule has 0 aliphatic carbocycles. The molecule has 0 aliphatic rings. The normalized spacial score (nSPS) is 9.94. The van der Waals surface area contributed by atoms with Crippen LogP contribution in [0.4, 0.5) is 0 Å². The van der Waals surface area contributed by atoms with Crippen LogP contribution in [0.3, 0.4) is 0 Å². The van der Waals surface area contributed by atoms with E-state index in [4.69, 9.17) is 9.47 Å². The molecule has 6 nitrogen and oxygen atoms in total. The lowest BCUT2D eigenvalue weighted by atomic mass is 10.4. The van der Waals surface area contributed by atoms with Gasteiger partial charge in [-0.05, 0) is 0 Å². The second-order valence-corrected chi connectivity index (χ2v) is 3.28. The lowest BCUT2D eigenvalue weighted by molar-refractivity contribution is -0.135. The van der Waals surface area contributed by atoms with Crippen molar-refractivity contribution in [2.75, 3.05) is 47.1 Å². The monoisotopic (exact) mass is 232 g/mol. The van der Waals surface area contributed by atoms with Crippen LogP contribution in [0.5, 0.6) is 0 Å². The van der Waals surface area contributed by atoms with Gasteiger partial charge in [-0.2, -0.15) is 0 Å². The van der Waals surface area contributed by atoms with Gasteiger partial charge in [-0.1, -0.05) is 0 Å². The van der Waals surface area contributed by atoms with Crippen LogP contribution in [-0.2, 0) is 19.1 Å². The Morgan fingerprint density at radius 2 is 1.81 bits per heavy atom. The number of hydrogen-bond donors (Lipinski definition) is 1. The van der Waals surface area contributed by atoms with Gasteiger partial charge >= 0.3 is 0 Å². The van der Waals surface area contributed by atoms with Gasteiger partial charge in [0.2, 0.25) is 11.8 Å². The van der Waals surface area contributed by atoms with Crippen molar-refractivity contribution in [2.45, 2.75) is 6.92 Å². The van der Waals surface area contributed by atoms with Gasteiger partial charge < -0.3 is 19.7 Å². The summed E-state index contributed by atoms with van der Waals surface area (Å²) in [5.74, 6) is -0.331. The molecule has 0 aromatic rings. The first-order chi connectivity index (χ1) is 7.61. The Hall–Kier alpha value is -1.14. The number of ether oxygens (including phenoxy) is 2. The van der Waals surface area contributed by atoms with E-state index < -0.39 is 0 Å². The Morgan fingerprint density at radius 1 is 1.19 bits per heavy atom. The number of carbonyl (C=O) groups excluding carboxylic acids is 2. The van der Waals surface area contributed by atoms with Crippen LogP contribution in [0.15, 0.2) is 0 Å². The summed E-state index contributed by atoms with van der Waals surface area (Å²) < 4.78 is 9.65. The molecule has 0 aliphatic heterocycles. The minimum absolute atomic E-state index is 0.0579. The SMILES string of the molecule is COCCNC(=O)CN(CCOC)C(C)=O. The summed E-state index contributed by atoms with van der Waals surface area (Å²) in [6.45, 7) is 3.24. The van der Waals surface area contributed by atoms with Crippen molar-refractivity contribution in [3.8, 4) is 0 Å². The van der Waals surface area contributed by atoms with E-state index >= 15 is 0 Å². The third-order valence-electron chi connectivity index (χ3n) is 1.97. The molecule has 2 amide bonds. The number of hydrogen-bond acceptors (Lipinski definition) is 4. The van der Waals surface area contributed by atoms with Crippen molar-refractivity contribution < 1.29 is 19.1 Å². The van der Waals surface area contributed by atoms with Crippen LogP contribution < -0.4 is 5.32 Å². The molecule has 0 radical (unpaired) electrons. The van der Waals surface area contributed by atoms with Crippen molar-refractivity contribution in [3.63, 3.8) is 0 Å². The highest BCUT2D eigenvalue weighted by Crippen LogP contribution is 1.89. The molecule has 0 saturated carbocycles. The minimum Gasteiger partial charge on any atom is -0.383 e. The zero-order valence-electron chi connectivity index (χ0n) is 10.1. The number of methoxy groups -OCH3 is 2. The highest BCUT2D eigenvalue weighted by atomic mass is 16.5. The largest absolute Gasteiger partial charge is 0.383 e. The maximum absolute atomic E-state index is 11.4. The Morgan fingerprint density at radius 3 is 2.31 bits per heavy atom. The highest BCUT2D eigenvalue weighted by molar-refractivity contribution is 5.83. The lowest BCUT2D eigenvalue weighted by Gasteiger charge is -2.19. The molecule has 0 aromatic carbocycles. The average molecular weight is 232 g/mol. The Kier molecular flexibility index (Phi) is 8.46. The fourth-order valence-electron chi connectivity index (χ4n) is 1.07. The zero-order valence-corrected chi connectivity index (χ0v) is 10.1. The van der Waals surface area contributed by atoms with E-state index in [-0.39, 0.29) is 18.4 Å². The topological polar surface area (TPSA) is 67.9 Å². The number of nitrogens with one attached hydrogen (secondary N) is 1. The summed E-state index contributed by atoms with van der Waals surface area (Å²) in [6.07, 6.45) is 0. The van der Waals surface area contributed by atoms with Gasteiger partial charge in [-0.15, -0.1) is 0 Å². The van der Waals surface area contributed by atoms with Crippen molar-refractivity contribution in [2.24, 2.45) is 0 Å². The van der Waals surface area contributed by atoms with Crippen molar-refractivity contribution in [1.82, 2.24) is 10.2 Å². The van der Waals surface area contributed by atoms with Crippen LogP contribution >= 0.6 is 0 Å². The van der Waals surface area contributed by atoms with Crippen molar-refractivity contribution in [3.05, 3.63) is 0 Å². The summed E-state index contributed by atoms with van der Waals surface area (Å²) in [5, 5.41) is 2.65. The molecule has 0 atom stereocenters. The first-order valence-electron chi connectivity index (χ1n) is 5.12. The van der Waals surface area contributed by atoms with Crippen molar-refractivity contribution >= 4 is 11.8 Å². The van der Waals surface area contributed by atoms with Crippen LogP contribution in [0.2, 0.25) is 0 Å². The molecule has 0 rings (SSSR count). The average Bonchev–Trinajstić information content (AvgIpc) is 2.24. The first kappa shape index (κ1) is 14.9. The molecule has 0 unspecified atom stereocenters. The van der Waals surface area contributed by atoms with Gasteiger partial charge in [0.25, 0.3) is 0 Å². The van der Waals surface area contributed by atoms with E-state index in [9.17, 15) is 9.59 Å². The maximum atomic E-state index is 11.4. The van der Waals surface area contributed by atoms with E-state index in [2.05, 4.69) is 5.32 Å². The van der Waals surface area contributed by atoms with E-state index in [1.807, 2.05) is 0 Å². The number of rotatable bonds is 8. The van der Waals surface area contributed by atoms with Crippen LogP contribution in [-0.4, -0.2) is 63.8 Å². The molecule has 94 valence electrons. The Labute approximate surface area is 95.9 Å². The minimum atomic E-state index is -0.191. The van der Waals surface area contributed by atoms with Gasteiger partial charge in [0.05, 0.1) is 19.8 Å². The fourth-order valence-corrected chi connectivity index (χ4v) is 1.07. The third kappa shape index (κ3) is 7.19. The quantitative estimate of drug-likeness (QED) is 0.559. The predicted molar refractivity (Wildman–Crippen MR) is 59.0 cm³/mol. The molecule has 0 fully saturated rings. The molecular weight excluding hydrogens is 212 g/mol. The molecule has 0 spiro atoms. The van der Waals surface area contributed by atoms with Crippen molar-refractivity contribution in [1.29, 1.82) is 0 Å².